The van der Waals surface area contributed by atoms with Crippen LogP contribution in [0.4, 0.5) is 8.78 Å². The van der Waals surface area contributed by atoms with Crippen molar-refractivity contribution in [3.05, 3.63) is 81.7 Å². The van der Waals surface area contributed by atoms with Gasteiger partial charge in [0.15, 0.2) is 17.3 Å². The topological polar surface area (TPSA) is 73.9 Å². The van der Waals surface area contributed by atoms with Crippen LogP contribution < -0.4 is 14.8 Å². The molecule has 2 aliphatic rings. The van der Waals surface area contributed by atoms with Crippen LogP contribution in [0.5, 0.6) is 11.5 Å². The van der Waals surface area contributed by atoms with Crippen molar-refractivity contribution in [2.75, 3.05) is 14.2 Å². The van der Waals surface area contributed by atoms with Gasteiger partial charge in [0.25, 0.3) is 0 Å². The molecule has 1 atom stereocenters. The van der Waals surface area contributed by atoms with E-state index in [9.17, 15) is 18.4 Å². The summed E-state index contributed by atoms with van der Waals surface area (Å²) < 4.78 is 43.6. The van der Waals surface area contributed by atoms with Crippen molar-refractivity contribution in [1.82, 2.24) is 5.32 Å². The Morgan fingerprint density at radius 2 is 1.83 bits per heavy atom. The lowest BCUT2D eigenvalue weighted by atomic mass is 9.68. The smallest absolute Gasteiger partial charge is 0.336 e. The van der Waals surface area contributed by atoms with Gasteiger partial charge >= 0.3 is 5.97 Å². The van der Waals surface area contributed by atoms with E-state index >= 15 is 0 Å². The minimum atomic E-state index is -0.707. The lowest BCUT2D eigenvalue weighted by Gasteiger charge is -2.39. The van der Waals surface area contributed by atoms with Crippen LogP contribution in [-0.2, 0) is 20.9 Å². The molecule has 0 saturated carbocycles. The average Bonchev–Trinajstić information content (AvgIpc) is 2.81. The van der Waals surface area contributed by atoms with Crippen LogP contribution in [0.3, 0.4) is 0 Å². The molecular weight excluding hydrogens is 468 g/mol. The number of carbonyl (C=O) groups excluding carboxylic acids is 2. The molecule has 0 aromatic heterocycles. The number of ketones is 1. The molecule has 2 aromatic carbocycles. The quantitative estimate of drug-likeness (QED) is 0.544. The highest BCUT2D eigenvalue weighted by atomic mass is 19.1. The molecule has 1 aliphatic heterocycles. The van der Waals surface area contributed by atoms with Gasteiger partial charge in [-0.2, -0.15) is 0 Å². The molecule has 1 N–H and O–H groups in total. The normalized spacial score (nSPS) is 19.0. The molecule has 0 saturated heterocycles. The van der Waals surface area contributed by atoms with Gasteiger partial charge in [0, 0.05) is 40.9 Å². The van der Waals surface area contributed by atoms with Crippen molar-refractivity contribution in [3.8, 4) is 11.5 Å². The summed E-state index contributed by atoms with van der Waals surface area (Å²) in [7, 11) is 2.77. The number of rotatable bonds is 6. The molecule has 190 valence electrons. The minimum absolute atomic E-state index is 0.0290. The predicted octanol–water partition coefficient (Wildman–Crippen LogP) is 5.33. The monoisotopic (exact) mass is 497 g/mol. The maximum atomic E-state index is 14.0. The van der Waals surface area contributed by atoms with E-state index in [4.69, 9.17) is 14.2 Å². The third-order valence-corrected chi connectivity index (χ3v) is 6.56. The predicted molar refractivity (Wildman–Crippen MR) is 129 cm³/mol. The van der Waals surface area contributed by atoms with Crippen LogP contribution >= 0.6 is 0 Å². The number of halogens is 2. The first-order valence-corrected chi connectivity index (χ1v) is 11.6. The van der Waals surface area contributed by atoms with Crippen molar-refractivity contribution < 1.29 is 32.6 Å². The van der Waals surface area contributed by atoms with E-state index in [1.165, 1.54) is 20.3 Å². The Kier molecular flexibility index (Phi) is 6.89. The summed E-state index contributed by atoms with van der Waals surface area (Å²) in [4.78, 5) is 26.2. The molecule has 1 aliphatic carbocycles. The Morgan fingerprint density at radius 3 is 2.50 bits per heavy atom. The Hall–Kier alpha value is -3.68. The zero-order chi connectivity index (χ0) is 26.2. The van der Waals surface area contributed by atoms with Crippen molar-refractivity contribution in [2.24, 2.45) is 5.41 Å². The Morgan fingerprint density at radius 1 is 1.08 bits per heavy atom. The molecule has 8 heteroatoms. The third-order valence-electron chi connectivity index (χ3n) is 6.56. The van der Waals surface area contributed by atoms with E-state index in [0.717, 1.165) is 17.8 Å². The van der Waals surface area contributed by atoms with Gasteiger partial charge in [0.1, 0.15) is 18.2 Å². The molecule has 4 rings (SSSR count). The van der Waals surface area contributed by atoms with Crippen molar-refractivity contribution >= 4 is 11.8 Å². The molecule has 0 spiro atoms. The maximum absolute atomic E-state index is 14.0. The van der Waals surface area contributed by atoms with E-state index in [2.05, 4.69) is 5.32 Å². The second-order valence-electron chi connectivity index (χ2n) is 9.86. The number of ether oxygens (including phenoxy) is 3. The summed E-state index contributed by atoms with van der Waals surface area (Å²) in [5.74, 6) is -1.89. The largest absolute Gasteiger partial charge is 0.493 e. The highest BCUT2D eigenvalue weighted by Gasteiger charge is 2.43. The van der Waals surface area contributed by atoms with Gasteiger partial charge in [0.05, 0.1) is 19.8 Å². The van der Waals surface area contributed by atoms with E-state index in [1.54, 1.807) is 25.1 Å². The van der Waals surface area contributed by atoms with Crippen molar-refractivity contribution in [2.45, 2.75) is 46.1 Å². The number of methoxy groups -OCH3 is 2. The molecule has 2 aromatic rings. The fourth-order valence-corrected chi connectivity index (χ4v) is 4.93. The van der Waals surface area contributed by atoms with Gasteiger partial charge < -0.3 is 19.5 Å². The molecule has 1 heterocycles. The molecular formula is C28H29F2NO5. The van der Waals surface area contributed by atoms with Gasteiger partial charge in [-0.1, -0.05) is 19.9 Å². The minimum Gasteiger partial charge on any atom is -0.493 e. The van der Waals surface area contributed by atoms with Crippen LogP contribution in [0.15, 0.2) is 58.9 Å². The fourth-order valence-electron chi connectivity index (χ4n) is 4.93. The molecule has 0 radical (unpaired) electrons. The molecule has 0 amide bonds. The summed E-state index contributed by atoms with van der Waals surface area (Å²) in [5.41, 5.74) is 2.98. The Labute approximate surface area is 208 Å². The van der Waals surface area contributed by atoms with E-state index in [0.29, 0.717) is 46.7 Å². The number of hydrogen-bond donors (Lipinski definition) is 1. The zero-order valence-corrected chi connectivity index (χ0v) is 21.0. The van der Waals surface area contributed by atoms with E-state index < -0.39 is 23.5 Å². The number of esters is 1. The van der Waals surface area contributed by atoms with Gasteiger partial charge in [-0.3, -0.25) is 4.79 Å². The average molecular weight is 498 g/mol. The van der Waals surface area contributed by atoms with Crippen LogP contribution in [0, 0.1) is 17.0 Å². The van der Waals surface area contributed by atoms with Crippen LogP contribution in [0.1, 0.15) is 50.7 Å². The maximum Gasteiger partial charge on any atom is 0.336 e. The molecule has 36 heavy (non-hydrogen) atoms. The number of carbonyl (C=O) groups is 2. The molecule has 6 nitrogen and oxygen atoms in total. The number of hydrogen-bond acceptors (Lipinski definition) is 6. The van der Waals surface area contributed by atoms with E-state index in [1.807, 2.05) is 13.8 Å². The molecule has 1 unspecified atom stereocenters. The first-order valence-electron chi connectivity index (χ1n) is 11.6. The molecule has 0 fully saturated rings. The highest BCUT2D eigenvalue weighted by Crippen LogP contribution is 2.47. The van der Waals surface area contributed by atoms with Crippen LogP contribution in [0.2, 0.25) is 0 Å². The summed E-state index contributed by atoms with van der Waals surface area (Å²) in [6, 6.07) is 8.39. The van der Waals surface area contributed by atoms with Crippen molar-refractivity contribution in [3.63, 3.8) is 0 Å². The first kappa shape index (κ1) is 25.4. The first-order chi connectivity index (χ1) is 17.0. The number of allylic oxidation sites excluding steroid dienone is 3. The number of nitrogens with one attached hydrogen (secondary N) is 1. The SMILES string of the molecule is COC(=O)C1=C(C)NC2=C(C(=O)CC(C)(C)C2)C1c1ccc(OCc2ccc(F)cc2F)c(OC)c1. The summed E-state index contributed by atoms with van der Waals surface area (Å²) >= 11 is 0. The standard InChI is InChI=1S/C28H29F2NO5/c1-15-24(27(33)35-5)25(26-20(31-15)12-28(2,3)13-21(26)32)16-7-9-22(23(10-16)34-4)36-14-17-6-8-18(29)11-19(17)30/h6-11,25,31H,12-14H2,1-5H3. The Balaban J connectivity index is 1.74. The zero-order valence-electron chi connectivity index (χ0n) is 21.0. The third kappa shape index (κ3) is 4.85. The summed E-state index contributed by atoms with van der Waals surface area (Å²) in [6.07, 6.45) is 1.02. The Bertz CT molecular complexity index is 1290. The van der Waals surface area contributed by atoms with Gasteiger partial charge in [-0.15, -0.1) is 0 Å². The number of dihydropyridines is 1. The lowest BCUT2D eigenvalue weighted by molar-refractivity contribution is -0.136. The van der Waals surface area contributed by atoms with Gasteiger partial charge in [-0.25, -0.2) is 13.6 Å². The second-order valence-corrected chi connectivity index (χ2v) is 9.86. The lowest BCUT2D eigenvalue weighted by Crippen LogP contribution is -2.38. The number of benzene rings is 2. The van der Waals surface area contributed by atoms with Crippen LogP contribution in [0.25, 0.3) is 0 Å². The fraction of sp³-hybridized carbons (Fsp3) is 0.357. The summed E-state index contributed by atoms with van der Waals surface area (Å²) in [5, 5.41) is 3.28. The summed E-state index contributed by atoms with van der Waals surface area (Å²) in [6.45, 7) is 5.74. The van der Waals surface area contributed by atoms with Gasteiger partial charge in [0.2, 0.25) is 0 Å². The van der Waals surface area contributed by atoms with Crippen LogP contribution in [-0.4, -0.2) is 26.0 Å². The highest BCUT2D eigenvalue weighted by molar-refractivity contribution is 6.04. The van der Waals surface area contributed by atoms with E-state index in [-0.39, 0.29) is 23.4 Å². The second kappa shape index (κ2) is 9.76. The van der Waals surface area contributed by atoms with Crippen molar-refractivity contribution in [1.29, 1.82) is 0 Å². The molecule has 0 bridgehead atoms. The van der Waals surface area contributed by atoms with Gasteiger partial charge in [-0.05, 0) is 48.6 Å². The number of Topliss-reactive ketones (excluding diaryl/α,β-unsaturated/α-hetero) is 1.